The molecule has 1 unspecified atom stereocenters. The Labute approximate surface area is 120 Å². The first-order valence-corrected chi connectivity index (χ1v) is 8.21. The first kappa shape index (κ1) is 17.1. The van der Waals surface area contributed by atoms with Gasteiger partial charge in [0.2, 0.25) is 0 Å². The third-order valence-electron chi connectivity index (χ3n) is 3.03. The summed E-state index contributed by atoms with van der Waals surface area (Å²) in [5.74, 6) is -0.699. The number of piperidine rings is 1. The SMILES string of the molecule is CCOC(=O)C1CCCN(S(=O)(=O)NC/C=C/CN)C1. The maximum Gasteiger partial charge on any atom is 0.310 e. The summed E-state index contributed by atoms with van der Waals surface area (Å²) in [5, 5.41) is 0. The zero-order chi connectivity index (χ0) is 15.0. The minimum atomic E-state index is -3.56. The second-order valence-corrected chi connectivity index (χ2v) is 6.27. The van der Waals surface area contributed by atoms with Gasteiger partial charge in [-0.2, -0.15) is 17.4 Å². The van der Waals surface area contributed by atoms with Crippen LogP contribution in [0.25, 0.3) is 0 Å². The summed E-state index contributed by atoms with van der Waals surface area (Å²) in [6.45, 7) is 3.21. The van der Waals surface area contributed by atoms with Gasteiger partial charge in [0, 0.05) is 26.2 Å². The fourth-order valence-corrected chi connectivity index (χ4v) is 3.27. The topological polar surface area (TPSA) is 102 Å². The van der Waals surface area contributed by atoms with Gasteiger partial charge < -0.3 is 10.5 Å². The average molecular weight is 305 g/mol. The quantitative estimate of drug-likeness (QED) is 0.493. The minimum Gasteiger partial charge on any atom is -0.466 e. The Morgan fingerprint density at radius 3 is 2.90 bits per heavy atom. The van der Waals surface area contributed by atoms with Crippen LogP contribution in [0.1, 0.15) is 19.8 Å². The molecule has 3 N–H and O–H groups in total. The normalized spacial score (nSPS) is 21.2. The van der Waals surface area contributed by atoms with Crippen LogP contribution < -0.4 is 10.5 Å². The maximum atomic E-state index is 12.1. The first-order valence-electron chi connectivity index (χ1n) is 6.77. The third kappa shape index (κ3) is 5.20. The second kappa shape index (κ2) is 8.35. The number of nitrogens with zero attached hydrogens (tertiary/aromatic N) is 1. The van der Waals surface area contributed by atoms with Crippen molar-refractivity contribution in [2.24, 2.45) is 11.7 Å². The van der Waals surface area contributed by atoms with Crippen molar-refractivity contribution in [1.29, 1.82) is 0 Å². The molecule has 0 aliphatic carbocycles. The Balaban J connectivity index is 2.56. The molecule has 116 valence electrons. The van der Waals surface area contributed by atoms with Crippen molar-refractivity contribution in [3.05, 3.63) is 12.2 Å². The summed E-state index contributed by atoms with van der Waals surface area (Å²) in [5.41, 5.74) is 5.28. The fraction of sp³-hybridized carbons (Fsp3) is 0.750. The molecule has 0 spiro atoms. The monoisotopic (exact) mass is 305 g/mol. The van der Waals surface area contributed by atoms with Gasteiger partial charge in [0.15, 0.2) is 0 Å². The molecule has 0 amide bonds. The molecule has 1 saturated heterocycles. The van der Waals surface area contributed by atoms with E-state index in [4.69, 9.17) is 10.5 Å². The van der Waals surface area contributed by atoms with Crippen LogP contribution in [0.5, 0.6) is 0 Å². The van der Waals surface area contributed by atoms with E-state index in [2.05, 4.69) is 4.72 Å². The average Bonchev–Trinajstić information content (AvgIpc) is 2.44. The van der Waals surface area contributed by atoms with Gasteiger partial charge in [0.05, 0.1) is 12.5 Å². The van der Waals surface area contributed by atoms with Crippen molar-refractivity contribution in [1.82, 2.24) is 9.03 Å². The van der Waals surface area contributed by atoms with Crippen LogP contribution in [0.15, 0.2) is 12.2 Å². The maximum absolute atomic E-state index is 12.1. The van der Waals surface area contributed by atoms with Crippen molar-refractivity contribution in [2.75, 3.05) is 32.8 Å². The molecule has 0 aromatic heterocycles. The summed E-state index contributed by atoms with van der Waals surface area (Å²) >= 11 is 0. The van der Waals surface area contributed by atoms with Crippen LogP contribution in [0.3, 0.4) is 0 Å². The summed E-state index contributed by atoms with van der Waals surface area (Å²) in [7, 11) is -3.56. The van der Waals surface area contributed by atoms with E-state index in [1.54, 1.807) is 19.1 Å². The van der Waals surface area contributed by atoms with E-state index in [-0.39, 0.29) is 25.0 Å². The van der Waals surface area contributed by atoms with Crippen molar-refractivity contribution >= 4 is 16.2 Å². The zero-order valence-corrected chi connectivity index (χ0v) is 12.6. The number of carbonyl (C=O) groups excluding carboxylic acids is 1. The molecule has 1 fully saturated rings. The lowest BCUT2D eigenvalue weighted by molar-refractivity contribution is -0.149. The van der Waals surface area contributed by atoms with Crippen LogP contribution >= 0.6 is 0 Å². The Kier molecular flexibility index (Phi) is 7.14. The van der Waals surface area contributed by atoms with Crippen molar-refractivity contribution < 1.29 is 17.9 Å². The molecule has 1 heterocycles. The number of carbonyl (C=O) groups is 1. The Hall–Kier alpha value is -0.960. The van der Waals surface area contributed by atoms with Crippen molar-refractivity contribution in [2.45, 2.75) is 19.8 Å². The first-order chi connectivity index (χ1) is 9.51. The van der Waals surface area contributed by atoms with Gasteiger partial charge in [-0.1, -0.05) is 12.2 Å². The molecular formula is C12H23N3O4S. The number of esters is 1. The van der Waals surface area contributed by atoms with Crippen molar-refractivity contribution in [3.8, 4) is 0 Å². The minimum absolute atomic E-state index is 0.175. The molecule has 1 rings (SSSR count). The van der Waals surface area contributed by atoms with Gasteiger partial charge >= 0.3 is 5.97 Å². The Morgan fingerprint density at radius 2 is 2.25 bits per heavy atom. The lowest BCUT2D eigenvalue weighted by Crippen LogP contribution is -2.47. The van der Waals surface area contributed by atoms with Gasteiger partial charge in [-0.25, -0.2) is 0 Å². The summed E-state index contributed by atoms with van der Waals surface area (Å²) in [6.07, 6.45) is 4.66. The van der Waals surface area contributed by atoms with Crippen LogP contribution in [-0.2, 0) is 19.7 Å². The van der Waals surface area contributed by atoms with E-state index in [1.807, 2.05) is 0 Å². The highest BCUT2D eigenvalue weighted by Crippen LogP contribution is 2.19. The molecule has 0 saturated carbocycles. The van der Waals surface area contributed by atoms with E-state index in [1.165, 1.54) is 4.31 Å². The molecule has 1 atom stereocenters. The number of ether oxygens (including phenoxy) is 1. The largest absolute Gasteiger partial charge is 0.466 e. The van der Waals surface area contributed by atoms with Crippen molar-refractivity contribution in [3.63, 3.8) is 0 Å². The van der Waals surface area contributed by atoms with Gasteiger partial charge in [0.1, 0.15) is 0 Å². The van der Waals surface area contributed by atoms with E-state index in [0.29, 0.717) is 32.5 Å². The summed E-state index contributed by atoms with van der Waals surface area (Å²) in [4.78, 5) is 11.7. The lowest BCUT2D eigenvalue weighted by atomic mass is 10.0. The number of hydrogen-bond acceptors (Lipinski definition) is 5. The predicted molar refractivity (Wildman–Crippen MR) is 76.0 cm³/mol. The zero-order valence-electron chi connectivity index (χ0n) is 11.7. The van der Waals surface area contributed by atoms with E-state index < -0.39 is 10.2 Å². The second-order valence-electron chi connectivity index (χ2n) is 4.51. The molecule has 0 bridgehead atoms. The smallest absolute Gasteiger partial charge is 0.310 e. The fourth-order valence-electron chi connectivity index (χ4n) is 2.04. The number of hydrogen-bond donors (Lipinski definition) is 2. The van der Waals surface area contributed by atoms with Gasteiger partial charge in [-0.15, -0.1) is 0 Å². The molecule has 0 aromatic rings. The molecular weight excluding hydrogens is 282 g/mol. The highest BCUT2D eigenvalue weighted by atomic mass is 32.2. The van der Waals surface area contributed by atoms with Gasteiger partial charge in [-0.05, 0) is 19.8 Å². The van der Waals surface area contributed by atoms with Crippen LogP contribution in [-0.4, -0.2) is 51.5 Å². The highest BCUT2D eigenvalue weighted by molar-refractivity contribution is 7.87. The molecule has 8 heteroatoms. The van der Waals surface area contributed by atoms with Crippen LogP contribution in [0.2, 0.25) is 0 Å². The lowest BCUT2D eigenvalue weighted by Gasteiger charge is -2.30. The van der Waals surface area contributed by atoms with Crippen LogP contribution in [0.4, 0.5) is 0 Å². The molecule has 7 nitrogen and oxygen atoms in total. The standard InChI is InChI=1S/C12H23N3O4S/c1-2-19-12(16)11-6-5-9-15(10-11)20(17,18)14-8-4-3-7-13/h3-4,11,14H,2,5-10,13H2,1H3/b4-3+. The number of nitrogens with one attached hydrogen (secondary N) is 1. The molecule has 0 aromatic carbocycles. The summed E-state index contributed by atoms with van der Waals surface area (Å²) in [6, 6.07) is 0. The van der Waals surface area contributed by atoms with E-state index >= 15 is 0 Å². The number of rotatable bonds is 7. The van der Waals surface area contributed by atoms with E-state index in [0.717, 1.165) is 0 Å². The molecule has 0 radical (unpaired) electrons. The Morgan fingerprint density at radius 1 is 1.50 bits per heavy atom. The highest BCUT2D eigenvalue weighted by Gasteiger charge is 2.32. The Bertz CT molecular complexity index is 436. The summed E-state index contributed by atoms with van der Waals surface area (Å²) < 4.78 is 32.9. The predicted octanol–water partition coefficient (Wildman–Crippen LogP) is -0.389. The number of nitrogens with two attached hydrogens (primary N) is 1. The molecule has 1 aliphatic heterocycles. The van der Waals surface area contributed by atoms with E-state index in [9.17, 15) is 13.2 Å². The molecule has 20 heavy (non-hydrogen) atoms. The molecule has 1 aliphatic rings. The van der Waals surface area contributed by atoms with Gasteiger partial charge in [-0.3, -0.25) is 4.79 Å². The van der Waals surface area contributed by atoms with Gasteiger partial charge in [0.25, 0.3) is 10.2 Å². The van der Waals surface area contributed by atoms with Crippen LogP contribution in [0, 0.1) is 5.92 Å². The third-order valence-corrected chi connectivity index (χ3v) is 4.57.